The van der Waals surface area contributed by atoms with Crippen molar-refractivity contribution in [3.8, 4) is 10.6 Å². The van der Waals surface area contributed by atoms with Crippen LogP contribution in [-0.2, 0) is 7.05 Å². The van der Waals surface area contributed by atoms with Gasteiger partial charge in [-0.1, -0.05) is 11.6 Å². The largest absolute Gasteiger partial charge is 0.331 e. The molecule has 0 atom stereocenters. The van der Waals surface area contributed by atoms with Crippen LogP contribution >= 0.6 is 22.9 Å². The van der Waals surface area contributed by atoms with Gasteiger partial charge >= 0.3 is 0 Å². The fraction of sp³-hybridized carbons (Fsp3) is 0.167. The summed E-state index contributed by atoms with van der Waals surface area (Å²) in [5, 5.41) is 3.31. The molecule has 2 aromatic heterocycles. The maximum Gasteiger partial charge on any atom is 0.140 e. The van der Waals surface area contributed by atoms with Gasteiger partial charge in [0.15, 0.2) is 0 Å². The lowest BCUT2D eigenvalue weighted by molar-refractivity contribution is 0.886. The van der Waals surface area contributed by atoms with E-state index in [-0.39, 0.29) is 0 Å². The van der Waals surface area contributed by atoms with Crippen molar-refractivity contribution in [2.24, 2.45) is 7.05 Å². The number of rotatable bonds is 1. The number of aryl methyl sites for hydroxylation is 2. The van der Waals surface area contributed by atoms with Gasteiger partial charge in [-0.2, -0.15) is 0 Å². The molecule has 0 aliphatic carbocycles. The van der Waals surface area contributed by atoms with E-state index >= 15 is 0 Å². The average Bonchev–Trinajstić information content (AvgIpc) is 2.85. The van der Waals surface area contributed by atoms with Gasteiger partial charge in [0.2, 0.25) is 0 Å². The van der Waals surface area contributed by atoms with Crippen LogP contribution in [0.4, 0.5) is 0 Å². The highest BCUT2D eigenvalue weighted by Crippen LogP contribution is 2.28. The molecular formula is C12H10ClN3S. The van der Waals surface area contributed by atoms with Crippen molar-refractivity contribution in [2.75, 3.05) is 0 Å². The molecule has 3 nitrogen and oxygen atoms in total. The number of benzene rings is 1. The summed E-state index contributed by atoms with van der Waals surface area (Å²) in [6.45, 7) is 2.00. The number of halogens is 1. The Morgan fingerprint density at radius 1 is 1.29 bits per heavy atom. The minimum absolute atomic E-state index is 0.544. The average molecular weight is 264 g/mol. The maximum atomic E-state index is 5.84. The molecule has 3 rings (SSSR count). The summed E-state index contributed by atoms with van der Waals surface area (Å²) in [5.41, 5.74) is 3.19. The van der Waals surface area contributed by atoms with Crippen molar-refractivity contribution in [1.29, 1.82) is 0 Å². The summed E-state index contributed by atoms with van der Waals surface area (Å²) in [7, 11) is 2.02. The van der Waals surface area contributed by atoms with Crippen molar-refractivity contribution < 1.29 is 0 Å². The molecule has 0 fully saturated rings. The molecule has 0 radical (unpaired) electrons. The molecule has 0 saturated heterocycles. The number of nitrogens with zero attached hydrogens (tertiary/aromatic N) is 3. The van der Waals surface area contributed by atoms with E-state index < -0.39 is 0 Å². The van der Waals surface area contributed by atoms with Gasteiger partial charge in [0.25, 0.3) is 0 Å². The Kier molecular flexibility index (Phi) is 2.42. The second-order valence-electron chi connectivity index (χ2n) is 3.90. The minimum Gasteiger partial charge on any atom is -0.331 e. The SMILES string of the molecule is Cc1nc2cc(-c3nc(Cl)cs3)ccc2n1C. The van der Waals surface area contributed by atoms with Gasteiger partial charge in [0, 0.05) is 18.0 Å². The molecule has 0 spiro atoms. The number of aromatic nitrogens is 3. The van der Waals surface area contributed by atoms with Crippen LogP contribution in [0.3, 0.4) is 0 Å². The normalized spacial score (nSPS) is 11.2. The third kappa shape index (κ3) is 1.73. The molecule has 17 heavy (non-hydrogen) atoms. The van der Waals surface area contributed by atoms with Gasteiger partial charge in [-0.15, -0.1) is 11.3 Å². The Morgan fingerprint density at radius 3 is 2.82 bits per heavy atom. The molecule has 2 heterocycles. The summed E-state index contributed by atoms with van der Waals surface area (Å²) >= 11 is 7.38. The van der Waals surface area contributed by atoms with E-state index in [0.717, 1.165) is 27.4 Å². The van der Waals surface area contributed by atoms with Crippen molar-refractivity contribution in [3.63, 3.8) is 0 Å². The molecule has 0 unspecified atom stereocenters. The minimum atomic E-state index is 0.544. The molecule has 0 amide bonds. The predicted molar refractivity (Wildman–Crippen MR) is 71.6 cm³/mol. The van der Waals surface area contributed by atoms with E-state index in [4.69, 9.17) is 11.6 Å². The lowest BCUT2D eigenvalue weighted by atomic mass is 10.2. The lowest BCUT2D eigenvalue weighted by Gasteiger charge is -1.98. The van der Waals surface area contributed by atoms with Crippen LogP contribution in [0.1, 0.15) is 5.82 Å². The van der Waals surface area contributed by atoms with Crippen LogP contribution < -0.4 is 0 Å². The Hall–Kier alpha value is -1.39. The quantitative estimate of drug-likeness (QED) is 0.671. The highest BCUT2D eigenvalue weighted by Gasteiger charge is 2.08. The topological polar surface area (TPSA) is 30.7 Å². The van der Waals surface area contributed by atoms with Crippen molar-refractivity contribution in [1.82, 2.24) is 14.5 Å². The van der Waals surface area contributed by atoms with Crippen LogP contribution in [0.25, 0.3) is 21.6 Å². The summed E-state index contributed by atoms with van der Waals surface area (Å²) in [4.78, 5) is 8.78. The summed E-state index contributed by atoms with van der Waals surface area (Å²) in [6, 6.07) is 6.18. The van der Waals surface area contributed by atoms with Crippen LogP contribution in [0.5, 0.6) is 0 Å². The van der Waals surface area contributed by atoms with E-state index in [2.05, 4.69) is 32.7 Å². The lowest BCUT2D eigenvalue weighted by Crippen LogP contribution is -1.89. The zero-order chi connectivity index (χ0) is 12.0. The van der Waals surface area contributed by atoms with Crippen molar-refractivity contribution >= 4 is 34.0 Å². The number of hydrogen-bond acceptors (Lipinski definition) is 3. The number of thiazole rings is 1. The highest BCUT2D eigenvalue weighted by molar-refractivity contribution is 7.13. The van der Waals surface area contributed by atoms with E-state index in [1.807, 2.05) is 19.4 Å². The van der Waals surface area contributed by atoms with E-state index in [9.17, 15) is 0 Å². The van der Waals surface area contributed by atoms with Gasteiger partial charge in [-0.25, -0.2) is 9.97 Å². The van der Waals surface area contributed by atoms with Gasteiger partial charge in [-0.05, 0) is 25.1 Å². The Morgan fingerprint density at radius 2 is 2.12 bits per heavy atom. The molecular weight excluding hydrogens is 254 g/mol. The zero-order valence-corrected chi connectivity index (χ0v) is 11.0. The van der Waals surface area contributed by atoms with Crippen LogP contribution in [0.15, 0.2) is 23.6 Å². The fourth-order valence-electron chi connectivity index (χ4n) is 1.84. The van der Waals surface area contributed by atoms with Crippen molar-refractivity contribution in [3.05, 3.63) is 34.6 Å². The second-order valence-corrected chi connectivity index (χ2v) is 5.14. The standard InChI is InChI=1S/C12H10ClN3S/c1-7-14-9-5-8(3-4-10(9)16(7)2)12-15-11(13)6-17-12/h3-6H,1-2H3. The summed E-state index contributed by atoms with van der Waals surface area (Å²) in [6.07, 6.45) is 0. The van der Waals surface area contributed by atoms with Crippen LogP contribution in [0, 0.1) is 6.92 Å². The highest BCUT2D eigenvalue weighted by atomic mass is 35.5. The Bertz CT molecular complexity index is 699. The first-order chi connectivity index (χ1) is 8.15. The molecule has 0 bridgehead atoms. The molecule has 0 aliphatic rings. The molecule has 0 saturated carbocycles. The summed E-state index contributed by atoms with van der Waals surface area (Å²) < 4.78 is 2.08. The zero-order valence-electron chi connectivity index (χ0n) is 9.44. The number of hydrogen-bond donors (Lipinski definition) is 0. The first-order valence-corrected chi connectivity index (χ1v) is 6.45. The summed E-state index contributed by atoms with van der Waals surface area (Å²) in [5.74, 6) is 1.01. The Labute approximate surface area is 108 Å². The third-order valence-corrected chi connectivity index (χ3v) is 4.04. The number of fused-ring (bicyclic) bond motifs is 1. The maximum absolute atomic E-state index is 5.84. The number of imidazole rings is 1. The van der Waals surface area contributed by atoms with Gasteiger partial charge in [0.1, 0.15) is 16.0 Å². The monoisotopic (exact) mass is 263 g/mol. The van der Waals surface area contributed by atoms with Gasteiger partial charge in [-0.3, -0.25) is 0 Å². The smallest absolute Gasteiger partial charge is 0.140 e. The van der Waals surface area contributed by atoms with E-state index in [0.29, 0.717) is 5.15 Å². The van der Waals surface area contributed by atoms with Gasteiger partial charge in [0.05, 0.1) is 11.0 Å². The first-order valence-electron chi connectivity index (χ1n) is 5.19. The molecule has 0 N–H and O–H groups in total. The van der Waals surface area contributed by atoms with E-state index in [1.54, 1.807) is 11.3 Å². The van der Waals surface area contributed by atoms with Crippen LogP contribution in [-0.4, -0.2) is 14.5 Å². The molecule has 86 valence electrons. The predicted octanol–water partition coefficient (Wildman–Crippen LogP) is 3.66. The molecule has 1 aromatic carbocycles. The molecule has 5 heteroatoms. The van der Waals surface area contributed by atoms with E-state index in [1.165, 1.54) is 0 Å². The molecule has 0 aliphatic heterocycles. The first kappa shape index (κ1) is 10.7. The van der Waals surface area contributed by atoms with Crippen LogP contribution in [0.2, 0.25) is 5.15 Å². The Balaban J connectivity index is 2.20. The fourth-order valence-corrected chi connectivity index (χ4v) is 2.78. The van der Waals surface area contributed by atoms with Gasteiger partial charge < -0.3 is 4.57 Å². The van der Waals surface area contributed by atoms with Crippen molar-refractivity contribution in [2.45, 2.75) is 6.92 Å². The second kappa shape index (κ2) is 3.82. The third-order valence-electron chi connectivity index (χ3n) is 2.83. The molecule has 3 aromatic rings.